The maximum atomic E-state index is 8.25. The molecule has 0 atom stereocenters. The molecule has 0 spiro atoms. The van der Waals surface area contributed by atoms with Crippen LogP contribution in [0, 0.1) is 61.3 Å². The van der Waals surface area contributed by atoms with Gasteiger partial charge in [0.2, 0.25) is 0 Å². The van der Waals surface area contributed by atoms with Crippen LogP contribution in [-0.4, -0.2) is 20.3 Å². The maximum Gasteiger partial charge on any atom is 4.00 e. The van der Waals surface area contributed by atoms with E-state index < -0.39 is 20.3 Å². The monoisotopic (exact) mass is 386 g/mol. The van der Waals surface area contributed by atoms with Gasteiger partial charge in [-0.05, 0) is 0 Å². The van der Waals surface area contributed by atoms with E-state index >= 15 is 0 Å². The Bertz CT molecular complexity index is 164. The summed E-state index contributed by atoms with van der Waals surface area (Å²) in [5, 5.41) is 59.0. The fourth-order valence-corrected chi connectivity index (χ4v) is 0. The fourth-order valence-electron chi connectivity index (χ4n) is 0. The summed E-state index contributed by atoms with van der Waals surface area (Å²) in [5.74, 6) is 0. The molecule has 0 heterocycles. The Morgan fingerprint density at radius 1 is 0.444 bits per heavy atom. The summed E-state index contributed by atoms with van der Waals surface area (Å²) in [5.41, 5.74) is 0. The van der Waals surface area contributed by atoms with Crippen LogP contribution in [0.3, 0.4) is 0 Å². The quantitative estimate of drug-likeness (QED) is 0.276. The summed E-state index contributed by atoms with van der Waals surface area (Å²) in [6.07, 6.45) is 0. The molecule has 0 fully saturated rings. The van der Waals surface area contributed by atoms with Crippen LogP contribution < -0.4 is 0 Å². The first-order valence-electron chi connectivity index (χ1n) is 2.19. The van der Waals surface area contributed by atoms with E-state index in [-0.39, 0.29) is 47.9 Å². The van der Waals surface area contributed by atoms with Crippen molar-refractivity contribution < 1.29 is 68.3 Å². The van der Waals surface area contributed by atoms with Gasteiger partial charge in [-0.3, -0.25) is 0 Å². The van der Waals surface area contributed by atoms with Gasteiger partial charge in [-0.25, -0.2) is 0 Å². The van der Waals surface area contributed by atoms with E-state index in [2.05, 4.69) is 0 Å². The van der Waals surface area contributed by atoms with Crippen LogP contribution in [-0.2, 0) is 47.9 Å². The largest absolute Gasteiger partial charge is 4.00 e. The molecule has 0 saturated heterocycles. The molecule has 0 aliphatic heterocycles. The Balaban J connectivity index is -0.0000000257. The van der Waals surface area contributed by atoms with E-state index in [1.54, 1.807) is 0 Å². The van der Waals surface area contributed by atoms with Crippen molar-refractivity contribution in [2.24, 2.45) is 0 Å². The zero-order valence-corrected chi connectivity index (χ0v) is 11.7. The number of hydrogen-bond acceptors (Lipinski definition) is 12. The molecule has 0 unspecified atom stereocenters. The van der Waals surface area contributed by atoms with Crippen LogP contribution in [0.2, 0.25) is 0 Å². The van der Waals surface area contributed by atoms with Crippen LogP contribution in [0.15, 0.2) is 0 Å². The number of nitrogens with zero attached hydrogens (tertiary/aromatic N) is 4. The summed E-state index contributed by atoms with van der Waals surface area (Å²) in [4.78, 5) is 33.0. The first-order valence-corrected chi connectivity index (χ1v) is 2.19. The minimum Gasteiger partial charge on any atom is -0.356 e. The first kappa shape index (κ1) is 36.0. The van der Waals surface area contributed by atoms with Crippen LogP contribution in [0.25, 0.3) is 0 Å². The average Bonchev–Trinajstić information content (AvgIpc) is 1.76. The van der Waals surface area contributed by atoms with Gasteiger partial charge in [-0.2, -0.15) is 0 Å². The maximum absolute atomic E-state index is 8.25. The molecule has 0 bridgehead atoms. The SMILES string of the molecule is O=[N+]([O-])[O-].O=[N+]([O-])[O-].O=[N+]([O-])[O-].O=[N+]([O-])[O-].[Ti].[Zr+4]. The Morgan fingerprint density at radius 2 is 0.444 bits per heavy atom. The average molecular weight is 387 g/mol. The zero-order chi connectivity index (χ0) is 14.3. The molecule has 0 aromatic rings. The topological polar surface area (TPSA) is 265 Å². The number of rotatable bonds is 0. The third-order valence-electron chi connectivity index (χ3n) is 0. The summed E-state index contributed by atoms with van der Waals surface area (Å²) in [6, 6.07) is 0. The van der Waals surface area contributed by atoms with Gasteiger partial charge in [0.05, 0.1) is 20.3 Å². The number of hydrogen-bond donors (Lipinski definition) is 0. The molecule has 18 heteroatoms. The van der Waals surface area contributed by atoms with Crippen molar-refractivity contribution in [3.63, 3.8) is 0 Å². The molecule has 0 aromatic carbocycles. The second-order valence-electron chi connectivity index (χ2n) is 0.894. The fraction of sp³-hybridized carbons (Fsp3) is 0. The van der Waals surface area contributed by atoms with E-state index in [1.165, 1.54) is 0 Å². The van der Waals surface area contributed by atoms with Crippen molar-refractivity contribution in [2.45, 2.75) is 0 Å². The van der Waals surface area contributed by atoms with Crippen molar-refractivity contribution in [3.8, 4) is 0 Å². The minimum atomic E-state index is -1.75. The Labute approximate surface area is 129 Å². The van der Waals surface area contributed by atoms with E-state index in [4.69, 9.17) is 61.3 Å². The molecule has 100 valence electrons. The van der Waals surface area contributed by atoms with E-state index in [9.17, 15) is 0 Å². The van der Waals surface area contributed by atoms with Gasteiger partial charge < -0.3 is 61.3 Å². The second kappa shape index (κ2) is 29.5. The molecule has 0 aliphatic rings. The summed E-state index contributed by atoms with van der Waals surface area (Å²) in [6.45, 7) is 0. The molecule has 0 aromatic heterocycles. The van der Waals surface area contributed by atoms with Crippen molar-refractivity contribution in [1.82, 2.24) is 0 Å². The minimum absolute atomic E-state index is 0. The van der Waals surface area contributed by atoms with Crippen molar-refractivity contribution in [2.75, 3.05) is 0 Å². The van der Waals surface area contributed by atoms with Crippen LogP contribution in [0.4, 0.5) is 0 Å². The molecule has 18 heavy (non-hydrogen) atoms. The van der Waals surface area contributed by atoms with Gasteiger partial charge in [0.1, 0.15) is 0 Å². The normalized spacial score (nSPS) is 5.33. The van der Waals surface area contributed by atoms with Gasteiger partial charge in [-0.1, -0.05) is 0 Å². The van der Waals surface area contributed by atoms with E-state index in [0.29, 0.717) is 0 Å². The standard InChI is InChI=1S/4NO3.Ti.Zr/c4*2-1(3)4;;/q4*-1;;+4. The molecule has 0 aliphatic carbocycles. The van der Waals surface area contributed by atoms with Gasteiger partial charge in [0.15, 0.2) is 0 Å². The van der Waals surface area contributed by atoms with Crippen molar-refractivity contribution >= 4 is 0 Å². The first-order chi connectivity index (χ1) is 6.93. The summed E-state index contributed by atoms with van der Waals surface area (Å²) < 4.78 is 0. The Hall–Kier alpha value is -1.60. The molecular weight excluding hydrogens is 387 g/mol. The molecule has 16 nitrogen and oxygen atoms in total. The smallest absolute Gasteiger partial charge is 0.356 e. The van der Waals surface area contributed by atoms with E-state index in [1.807, 2.05) is 0 Å². The predicted octanol–water partition coefficient (Wildman–Crippen LogP) is -0.961. The van der Waals surface area contributed by atoms with Crippen LogP contribution >= 0.6 is 0 Å². The van der Waals surface area contributed by atoms with Gasteiger partial charge in [0, 0.05) is 21.7 Å². The van der Waals surface area contributed by atoms with Gasteiger partial charge in [0.25, 0.3) is 0 Å². The van der Waals surface area contributed by atoms with Crippen LogP contribution in [0.5, 0.6) is 0 Å². The van der Waals surface area contributed by atoms with Gasteiger partial charge in [-0.15, -0.1) is 0 Å². The molecule has 0 N–H and O–H groups in total. The third-order valence-corrected chi connectivity index (χ3v) is 0. The second-order valence-corrected chi connectivity index (χ2v) is 0.894. The molecule has 0 amide bonds. The zero-order valence-electron chi connectivity index (χ0n) is 7.69. The van der Waals surface area contributed by atoms with Gasteiger partial charge >= 0.3 is 26.2 Å². The van der Waals surface area contributed by atoms with Crippen molar-refractivity contribution in [3.05, 3.63) is 61.3 Å². The molecular formula is N4O12TiZr. The van der Waals surface area contributed by atoms with E-state index in [0.717, 1.165) is 0 Å². The predicted molar refractivity (Wildman–Crippen MR) is 41.4 cm³/mol. The van der Waals surface area contributed by atoms with Crippen molar-refractivity contribution in [1.29, 1.82) is 0 Å². The van der Waals surface area contributed by atoms with Crippen LogP contribution in [0.1, 0.15) is 0 Å². The summed E-state index contributed by atoms with van der Waals surface area (Å²) >= 11 is 0. The molecule has 0 radical (unpaired) electrons. The Morgan fingerprint density at radius 3 is 0.444 bits per heavy atom. The molecule has 0 rings (SSSR count). The summed E-state index contributed by atoms with van der Waals surface area (Å²) in [7, 11) is 0. The third kappa shape index (κ3) is 1010. The Kier molecular flexibility index (Phi) is 59.0. The molecule has 0 saturated carbocycles.